The van der Waals surface area contributed by atoms with Crippen LogP contribution in [0.2, 0.25) is 0 Å². The SMILES string of the molecule is CCNC(C)CC(=O)Nc1ccc(N2CCOCC2)cc1. The number of hydrogen-bond acceptors (Lipinski definition) is 4. The van der Waals surface area contributed by atoms with E-state index in [0.29, 0.717) is 6.42 Å². The number of benzene rings is 1. The summed E-state index contributed by atoms with van der Waals surface area (Å²) in [7, 11) is 0. The Balaban J connectivity index is 1.85. The van der Waals surface area contributed by atoms with E-state index < -0.39 is 0 Å². The Bertz CT molecular complexity index is 441. The number of morpholine rings is 1. The average Bonchev–Trinajstić information content (AvgIpc) is 2.49. The topological polar surface area (TPSA) is 53.6 Å². The average molecular weight is 291 g/mol. The van der Waals surface area contributed by atoms with E-state index in [2.05, 4.69) is 27.7 Å². The first-order valence-electron chi connectivity index (χ1n) is 7.65. The van der Waals surface area contributed by atoms with Crippen LogP contribution in [0.1, 0.15) is 20.3 Å². The van der Waals surface area contributed by atoms with Crippen molar-refractivity contribution in [3.63, 3.8) is 0 Å². The second-order valence-electron chi connectivity index (χ2n) is 5.36. The number of hydrogen-bond donors (Lipinski definition) is 2. The Morgan fingerprint density at radius 2 is 1.95 bits per heavy atom. The van der Waals surface area contributed by atoms with Gasteiger partial charge in [0.25, 0.3) is 0 Å². The Morgan fingerprint density at radius 1 is 1.29 bits per heavy atom. The summed E-state index contributed by atoms with van der Waals surface area (Å²) in [5.74, 6) is 0.0440. The van der Waals surface area contributed by atoms with Crippen LogP contribution in [0.5, 0.6) is 0 Å². The zero-order chi connectivity index (χ0) is 15.1. The van der Waals surface area contributed by atoms with Crippen LogP contribution >= 0.6 is 0 Å². The van der Waals surface area contributed by atoms with Crippen LogP contribution in [0, 0.1) is 0 Å². The smallest absolute Gasteiger partial charge is 0.225 e. The Labute approximate surface area is 126 Å². The minimum absolute atomic E-state index is 0.0440. The molecule has 1 unspecified atom stereocenters. The molecule has 116 valence electrons. The van der Waals surface area contributed by atoms with Gasteiger partial charge < -0.3 is 20.3 Å². The lowest BCUT2D eigenvalue weighted by Gasteiger charge is -2.28. The lowest BCUT2D eigenvalue weighted by Crippen LogP contribution is -2.36. The number of anilines is 2. The summed E-state index contributed by atoms with van der Waals surface area (Å²) in [6, 6.07) is 8.22. The molecule has 5 nitrogen and oxygen atoms in total. The molecule has 0 saturated carbocycles. The van der Waals surface area contributed by atoms with Crippen molar-refractivity contribution in [2.75, 3.05) is 43.1 Å². The van der Waals surface area contributed by atoms with Crippen molar-refractivity contribution in [1.29, 1.82) is 0 Å². The van der Waals surface area contributed by atoms with Gasteiger partial charge in [0.2, 0.25) is 5.91 Å². The number of carbonyl (C=O) groups excluding carboxylic acids is 1. The number of nitrogens with zero attached hydrogens (tertiary/aromatic N) is 1. The molecule has 1 heterocycles. The summed E-state index contributed by atoms with van der Waals surface area (Å²) in [4.78, 5) is 14.2. The van der Waals surface area contributed by atoms with Gasteiger partial charge in [0.1, 0.15) is 0 Å². The highest BCUT2D eigenvalue weighted by Crippen LogP contribution is 2.19. The van der Waals surface area contributed by atoms with Gasteiger partial charge in [0.15, 0.2) is 0 Å². The molecule has 1 aromatic rings. The highest BCUT2D eigenvalue weighted by atomic mass is 16.5. The van der Waals surface area contributed by atoms with Gasteiger partial charge in [0.05, 0.1) is 13.2 Å². The van der Waals surface area contributed by atoms with Crippen LogP contribution in [0.3, 0.4) is 0 Å². The molecule has 1 atom stereocenters. The fraction of sp³-hybridized carbons (Fsp3) is 0.562. The van der Waals surface area contributed by atoms with E-state index in [1.54, 1.807) is 0 Å². The van der Waals surface area contributed by atoms with Crippen molar-refractivity contribution in [2.45, 2.75) is 26.3 Å². The molecule has 1 saturated heterocycles. The summed E-state index contributed by atoms with van der Waals surface area (Å²) in [6.45, 7) is 8.34. The molecule has 2 N–H and O–H groups in total. The summed E-state index contributed by atoms with van der Waals surface area (Å²) >= 11 is 0. The van der Waals surface area contributed by atoms with Crippen LogP contribution in [0.15, 0.2) is 24.3 Å². The molecule has 0 radical (unpaired) electrons. The normalized spacial score (nSPS) is 16.6. The maximum absolute atomic E-state index is 11.9. The highest BCUT2D eigenvalue weighted by Gasteiger charge is 2.11. The lowest BCUT2D eigenvalue weighted by atomic mass is 10.2. The van der Waals surface area contributed by atoms with E-state index in [9.17, 15) is 4.79 Å². The van der Waals surface area contributed by atoms with Gasteiger partial charge in [-0.1, -0.05) is 6.92 Å². The van der Waals surface area contributed by atoms with Crippen molar-refractivity contribution in [3.05, 3.63) is 24.3 Å². The third kappa shape index (κ3) is 5.02. The molecule has 1 aliphatic rings. The number of amides is 1. The zero-order valence-electron chi connectivity index (χ0n) is 12.9. The molecular weight excluding hydrogens is 266 g/mol. The molecule has 2 rings (SSSR count). The third-order valence-corrected chi connectivity index (χ3v) is 3.57. The second-order valence-corrected chi connectivity index (χ2v) is 5.36. The summed E-state index contributed by atoms with van der Waals surface area (Å²) in [6.07, 6.45) is 0.485. The van der Waals surface area contributed by atoms with Crippen LogP contribution in [-0.4, -0.2) is 44.8 Å². The van der Waals surface area contributed by atoms with Crippen molar-refractivity contribution in [3.8, 4) is 0 Å². The maximum Gasteiger partial charge on any atom is 0.225 e. The van der Waals surface area contributed by atoms with Gasteiger partial charge in [-0.25, -0.2) is 0 Å². The highest BCUT2D eigenvalue weighted by molar-refractivity contribution is 5.91. The molecule has 1 amide bonds. The number of ether oxygens (including phenoxy) is 1. The first-order valence-corrected chi connectivity index (χ1v) is 7.65. The molecule has 0 aromatic heterocycles. The largest absolute Gasteiger partial charge is 0.378 e. The quantitative estimate of drug-likeness (QED) is 0.840. The van der Waals surface area contributed by atoms with Gasteiger partial charge >= 0.3 is 0 Å². The van der Waals surface area contributed by atoms with Crippen molar-refractivity contribution in [1.82, 2.24) is 5.32 Å². The van der Waals surface area contributed by atoms with Crippen LogP contribution in [0.4, 0.5) is 11.4 Å². The van der Waals surface area contributed by atoms with E-state index in [4.69, 9.17) is 4.74 Å². The van der Waals surface area contributed by atoms with E-state index in [1.807, 2.05) is 26.0 Å². The first kappa shape index (κ1) is 15.8. The minimum atomic E-state index is 0.0440. The summed E-state index contributed by atoms with van der Waals surface area (Å²) < 4.78 is 5.35. The Morgan fingerprint density at radius 3 is 2.57 bits per heavy atom. The van der Waals surface area contributed by atoms with Crippen LogP contribution < -0.4 is 15.5 Å². The Hall–Kier alpha value is -1.59. The Kier molecular flexibility index (Phi) is 6.02. The standard InChI is InChI=1S/C16H25N3O2/c1-3-17-13(2)12-16(20)18-14-4-6-15(7-5-14)19-8-10-21-11-9-19/h4-7,13,17H,3,8-12H2,1-2H3,(H,18,20). The monoisotopic (exact) mass is 291 g/mol. The molecule has 0 spiro atoms. The van der Waals surface area contributed by atoms with E-state index >= 15 is 0 Å². The maximum atomic E-state index is 11.9. The van der Waals surface area contributed by atoms with Gasteiger partial charge in [-0.3, -0.25) is 4.79 Å². The van der Waals surface area contributed by atoms with Crippen molar-refractivity contribution in [2.24, 2.45) is 0 Å². The van der Waals surface area contributed by atoms with Gasteiger partial charge in [-0.2, -0.15) is 0 Å². The molecular formula is C16H25N3O2. The predicted molar refractivity (Wildman–Crippen MR) is 85.9 cm³/mol. The summed E-state index contributed by atoms with van der Waals surface area (Å²) in [5, 5.41) is 6.17. The molecule has 5 heteroatoms. The van der Waals surface area contributed by atoms with E-state index in [0.717, 1.165) is 38.5 Å². The fourth-order valence-electron chi connectivity index (χ4n) is 2.49. The lowest BCUT2D eigenvalue weighted by molar-refractivity contribution is -0.116. The van der Waals surface area contributed by atoms with Crippen LogP contribution in [0.25, 0.3) is 0 Å². The molecule has 1 fully saturated rings. The van der Waals surface area contributed by atoms with Gasteiger partial charge in [-0.05, 0) is 37.7 Å². The minimum Gasteiger partial charge on any atom is -0.378 e. The van der Waals surface area contributed by atoms with Crippen molar-refractivity contribution >= 4 is 17.3 Å². The zero-order valence-corrected chi connectivity index (χ0v) is 12.9. The van der Waals surface area contributed by atoms with Crippen LogP contribution in [-0.2, 0) is 9.53 Å². The van der Waals surface area contributed by atoms with Gasteiger partial charge in [-0.15, -0.1) is 0 Å². The predicted octanol–water partition coefficient (Wildman–Crippen LogP) is 1.85. The molecule has 0 aliphatic carbocycles. The van der Waals surface area contributed by atoms with Crippen molar-refractivity contribution < 1.29 is 9.53 Å². The van der Waals surface area contributed by atoms with E-state index in [-0.39, 0.29) is 11.9 Å². The van der Waals surface area contributed by atoms with Gasteiger partial charge in [0, 0.05) is 36.9 Å². The molecule has 21 heavy (non-hydrogen) atoms. The second kappa shape index (κ2) is 8.00. The molecule has 1 aliphatic heterocycles. The first-order chi connectivity index (χ1) is 10.2. The fourth-order valence-corrected chi connectivity index (χ4v) is 2.49. The molecule has 1 aromatic carbocycles. The number of carbonyl (C=O) groups is 1. The van der Waals surface area contributed by atoms with E-state index in [1.165, 1.54) is 5.69 Å². The third-order valence-electron chi connectivity index (χ3n) is 3.57. The number of nitrogens with one attached hydrogen (secondary N) is 2. The summed E-state index contributed by atoms with van der Waals surface area (Å²) in [5.41, 5.74) is 2.03. The molecule has 0 bridgehead atoms. The number of rotatable bonds is 6.